The molecule has 0 aliphatic carbocycles. The van der Waals surface area contributed by atoms with Gasteiger partial charge >= 0.3 is 5.69 Å². The van der Waals surface area contributed by atoms with Crippen molar-refractivity contribution in [2.24, 2.45) is 0 Å². The highest BCUT2D eigenvalue weighted by Crippen LogP contribution is 2.10. The average Bonchev–Trinajstić information content (AvgIpc) is 3.19. The van der Waals surface area contributed by atoms with Crippen LogP contribution in [0.25, 0.3) is 11.5 Å². The molecule has 114 valence electrons. The fraction of sp³-hybridized carbons (Fsp3) is 0.0667. The van der Waals surface area contributed by atoms with Crippen LogP contribution in [0.1, 0.15) is 5.56 Å². The molecule has 3 aromatic heterocycles. The van der Waals surface area contributed by atoms with Crippen molar-refractivity contribution in [3.8, 4) is 5.82 Å². The number of halogens is 1. The fourth-order valence-corrected chi connectivity index (χ4v) is 2.37. The van der Waals surface area contributed by atoms with Gasteiger partial charge in [-0.25, -0.2) is 28.2 Å². The number of imidazole rings is 1. The molecule has 4 aromatic rings. The van der Waals surface area contributed by atoms with Crippen molar-refractivity contribution in [1.82, 2.24) is 28.7 Å². The van der Waals surface area contributed by atoms with Crippen molar-refractivity contribution in [2.75, 3.05) is 0 Å². The number of nitrogens with zero attached hydrogens (tertiary/aromatic N) is 6. The third-order valence-electron chi connectivity index (χ3n) is 3.48. The average molecular weight is 310 g/mol. The Morgan fingerprint density at radius 3 is 2.65 bits per heavy atom. The maximum Gasteiger partial charge on any atom is 0.350 e. The number of benzene rings is 1. The van der Waals surface area contributed by atoms with E-state index in [1.807, 2.05) is 0 Å². The summed E-state index contributed by atoms with van der Waals surface area (Å²) in [7, 11) is 0. The molecule has 0 saturated carbocycles. The minimum Gasteiger partial charge on any atom is -0.287 e. The summed E-state index contributed by atoms with van der Waals surface area (Å²) in [5, 5.41) is 4.35. The van der Waals surface area contributed by atoms with E-state index in [1.165, 1.54) is 27.4 Å². The predicted octanol–water partition coefficient (Wildman–Crippen LogP) is 1.26. The Bertz CT molecular complexity index is 1020. The number of hydrogen-bond acceptors (Lipinski definition) is 4. The Hall–Kier alpha value is -3.29. The first kappa shape index (κ1) is 13.4. The number of hydrogen-bond donors (Lipinski definition) is 0. The SMILES string of the molecule is O=c1n(Cc2ccc(F)cc2)nc2c(-n3ccnc3)nccn12. The summed E-state index contributed by atoms with van der Waals surface area (Å²) in [6.45, 7) is 0.254. The van der Waals surface area contributed by atoms with Crippen LogP contribution in [0, 0.1) is 5.82 Å². The Morgan fingerprint density at radius 2 is 1.91 bits per heavy atom. The topological polar surface area (TPSA) is 70.0 Å². The molecule has 1 aromatic carbocycles. The molecule has 23 heavy (non-hydrogen) atoms. The molecule has 0 bridgehead atoms. The third kappa shape index (κ3) is 2.30. The monoisotopic (exact) mass is 310 g/mol. The lowest BCUT2D eigenvalue weighted by molar-refractivity contribution is 0.622. The minimum atomic E-state index is -0.317. The molecule has 0 aliphatic heterocycles. The standard InChI is InChI=1S/C15H11FN6O/c16-12-3-1-11(2-4-12)9-22-15(23)21-8-6-18-13(14(21)19-22)20-7-5-17-10-20/h1-8,10H,9H2. The van der Waals surface area contributed by atoms with Gasteiger partial charge in [0.25, 0.3) is 0 Å². The largest absolute Gasteiger partial charge is 0.350 e. The van der Waals surface area contributed by atoms with Gasteiger partial charge in [0.1, 0.15) is 12.1 Å². The Morgan fingerprint density at radius 1 is 1.09 bits per heavy atom. The summed E-state index contributed by atoms with van der Waals surface area (Å²) in [5.74, 6) is 0.197. The molecular weight excluding hydrogens is 299 g/mol. The molecule has 0 amide bonds. The zero-order chi connectivity index (χ0) is 15.8. The quantitative estimate of drug-likeness (QED) is 0.571. The molecule has 8 heteroatoms. The summed E-state index contributed by atoms with van der Waals surface area (Å²) in [4.78, 5) is 20.7. The van der Waals surface area contributed by atoms with Gasteiger partial charge in [-0.05, 0) is 17.7 Å². The van der Waals surface area contributed by atoms with Gasteiger partial charge in [-0.2, -0.15) is 0 Å². The Balaban J connectivity index is 1.83. The molecule has 0 unspecified atom stereocenters. The van der Waals surface area contributed by atoms with E-state index in [0.717, 1.165) is 5.56 Å². The molecule has 0 aliphatic rings. The molecule has 0 fully saturated rings. The van der Waals surface area contributed by atoms with Crippen LogP contribution in [-0.2, 0) is 6.54 Å². The van der Waals surface area contributed by atoms with Gasteiger partial charge in [-0.3, -0.25) is 4.57 Å². The van der Waals surface area contributed by atoms with Crippen LogP contribution in [0.3, 0.4) is 0 Å². The molecule has 0 saturated heterocycles. The van der Waals surface area contributed by atoms with Gasteiger partial charge in [0, 0.05) is 24.8 Å². The molecule has 7 nitrogen and oxygen atoms in total. The second kappa shape index (κ2) is 5.16. The maximum atomic E-state index is 13.0. The summed E-state index contributed by atoms with van der Waals surface area (Å²) >= 11 is 0. The minimum absolute atomic E-state index is 0.254. The van der Waals surface area contributed by atoms with Crippen LogP contribution in [0.2, 0.25) is 0 Å². The number of rotatable bonds is 3. The van der Waals surface area contributed by atoms with E-state index in [9.17, 15) is 9.18 Å². The predicted molar refractivity (Wildman–Crippen MR) is 79.9 cm³/mol. The van der Waals surface area contributed by atoms with Crippen LogP contribution in [0.15, 0.2) is 60.2 Å². The molecule has 3 heterocycles. The van der Waals surface area contributed by atoms with Gasteiger partial charge in [0.05, 0.1) is 6.54 Å². The molecular formula is C15H11FN6O. The highest BCUT2D eigenvalue weighted by molar-refractivity contribution is 5.53. The number of fused-ring (bicyclic) bond motifs is 1. The van der Waals surface area contributed by atoms with Crippen molar-refractivity contribution in [1.29, 1.82) is 0 Å². The lowest BCUT2D eigenvalue weighted by Gasteiger charge is -2.00. The van der Waals surface area contributed by atoms with E-state index < -0.39 is 0 Å². The molecule has 0 atom stereocenters. The molecule has 4 rings (SSSR count). The summed E-state index contributed by atoms with van der Waals surface area (Å²) < 4.78 is 17.4. The second-order valence-electron chi connectivity index (χ2n) is 4.98. The van der Waals surface area contributed by atoms with Crippen LogP contribution in [0.5, 0.6) is 0 Å². The van der Waals surface area contributed by atoms with Crippen molar-refractivity contribution < 1.29 is 4.39 Å². The van der Waals surface area contributed by atoms with E-state index in [4.69, 9.17) is 0 Å². The normalized spacial score (nSPS) is 11.2. The van der Waals surface area contributed by atoms with E-state index >= 15 is 0 Å². The van der Waals surface area contributed by atoms with Crippen molar-refractivity contribution in [3.63, 3.8) is 0 Å². The lowest BCUT2D eigenvalue weighted by atomic mass is 10.2. The van der Waals surface area contributed by atoms with Crippen LogP contribution in [0.4, 0.5) is 4.39 Å². The second-order valence-corrected chi connectivity index (χ2v) is 4.98. The zero-order valence-corrected chi connectivity index (χ0v) is 11.9. The fourth-order valence-electron chi connectivity index (χ4n) is 2.37. The number of aromatic nitrogens is 6. The Kier molecular flexibility index (Phi) is 3.00. The van der Waals surface area contributed by atoms with E-state index in [-0.39, 0.29) is 18.1 Å². The summed E-state index contributed by atoms with van der Waals surface area (Å²) in [5.41, 5.74) is 0.930. The third-order valence-corrected chi connectivity index (χ3v) is 3.48. The van der Waals surface area contributed by atoms with Gasteiger partial charge in [-0.1, -0.05) is 12.1 Å². The molecule has 0 N–H and O–H groups in total. The smallest absolute Gasteiger partial charge is 0.287 e. The van der Waals surface area contributed by atoms with E-state index in [1.54, 1.807) is 41.6 Å². The first-order valence-electron chi connectivity index (χ1n) is 6.89. The first-order chi connectivity index (χ1) is 11.2. The van der Waals surface area contributed by atoms with Crippen LogP contribution < -0.4 is 5.69 Å². The van der Waals surface area contributed by atoms with Gasteiger partial charge < -0.3 is 0 Å². The molecule has 0 radical (unpaired) electrons. The van der Waals surface area contributed by atoms with Crippen LogP contribution in [-0.4, -0.2) is 28.7 Å². The Labute approximate surface area is 129 Å². The van der Waals surface area contributed by atoms with E-state index in [0.29, 0.717) is 11.5 Å². The zero-order valence-electron chi connectivity index (χ0n) is 11.9. The van der Waals surface area contributed by atoms with Crippen molar-refractivity contribution in [2.45, 2.75) is 6.54 Å². The van der Waals surface area contributed by atoms with Crippen molar-refractivity contribution in [3.05, 3.63) is 77.2 Å². The molecule has 0 spiro atoms. The first-order valence-corrected chi connectivity index (χ1v) is 6.89. The van der Waals surface area contributed by atoms with Gasteiger partial charge in [0.2, 0.25) is 5.65 Å². The highest BCUT2D eigenvalue weighted by atomic mass is 19.1. The lowest BCUT2D eigenvalue weighted by Crippen LogP contribution is -2.21. The van der Waals surface area contributed by atoms with Gasteiger partial charge in [0.15, 0.2) is 5.82 Å². The van der Waals surface area contributed by atoms with Crippen LogP contribution >= 0.6 is 0 Å². The maximum absolute atomic E-state index is 13.0. The summed E-state index contributed by atoms with van der Waals surface area (Å²) in [6.07, 6.45) is 8.04. The summed E-state index contributed by atoms with van der Waals surface area (Å²) in [6, 6.07) is 5.96. The van der Waals surface area contributed by atoms with E-state index in [2.05, 4.69) is 15.1 Å². The highest BCUT2D eigenvalue weighted by Gasteiger charge is 2.13. The van der Waals surface area contributed by atoms with Gasteiger partial charge in [-0.15, -0.1) is 5.10 Å². The van der Waals surface area contributed by atoms with Crippen molar-refractivity contribution >= 4 is 5.65 Å².